The molecule has 0 saturated carbocycles. The smallest absolute Gasteiger partial charge is 0.137 e. The number of hydrogen-bond donors (Lipinski definition) is 1. The van der Waals surface area contributed by atoms with E-state index in [4.69, 9.17) is 4.74 Å². The third-order valence-corrected chi connectivity index (χ3v) is 5.09. The summed E-state index contributed by atoms with van der Waals surface area (Å²) >= 11 is 0. The molecule has 3 nitrogen and oxygen atoms in total. The molecule has 0 spiro atoms. The van der Waals surface area contributed by atoms with Gasteiger partial charge in [-0.1, -0.05) is 36.4 Å². The van der Waals surface area contributed by atoms with Crippen LogP contribution in [0.15, 0.2) is 48.5 Å². The molecule has 0 saturated heterocycles. The van der Waals surface area contributed by atoms with Gasteiger partial charge in [0.1, 0.15) is 24.7 Å². The third kappa shape index (κ3) is 5.64. The number of benzene rings is 2. The van der Waals surface area contributed by atoms with Gasteiger partial charge in [-0.15, -0.1) is 0 Å². The normalized spacial score (nSPS) is 11.8. The van der Waals surface area contributed by atoms with Gasteiger partial charge < -0.3 is 14.3 Å². The van der Waals surface area contributed by atoms with Crippen LogP contribution in [0.1, 0.15) is 31.9 Å². The van der Waals surface area contributed by atoms with E-state index in [9.17, 15) is 5.11 Å². The van der Waals surface area contributed by atoms with Crippen molar-refractivity contribution in [1.82, 2.24) is 0 Å². The van der Waals surface area contributed by atoms with Gasteiger partial charge in [-0.05, 0) is 56.2 Å². The lowest BCUT2D eigenvalue weighted by atomic mass is 10.1. The molecular formula is C22H30NO2+. The van der Waals surface area contributed by atoms with Gasteiger partial charge in [0.2, 0.25) is 0 Å². The Bertz CT molecular complexity index is 647. The van der Waals surface area contributed by atoms with E-state index in [-0.39, 0.29) is 5.75 Å². The zero-order chi connectivity index (χ0) is 18.1. The number of likely N-dealkylation sites (N-methyl/N-ethyl adjacent to an activating group) is 1. The number of hydrogen-bond acceptors (Lipinski definition) is 2. The average molecular weight is 340 g/mol. The van der Waals surface area contributed by atoms with E-state index in [1.807, 2.05) is 30.3 Å². The highest BCUT2D eigenvalue weighted by atomic mass is 16.5. The first-order chi connectivity index (χ1) is 12.1. The van der Waals surface area contributed by atoms with Crippen LogP contribution in [0, 0.1) is 0 Å². The predicted octanol–water partition coefficient (Wildman–Crippen LogP) is 4.82. The Morgan fingerprint density at radius 1 is 0.800 bits per heavy atom. The van der Waals surface area contributed by atoms with Gasteiger partial charge >= 0.3 is 0 Å². The molecule has 0 aliphatic rings. The van der Waals surface area contributed by atoms with Gasteiger partial charge in [0.25, 0.3) is 0 Å². The predicted molar refractivity (Wildman–Crippen MR) is 106 cm³/mol. The maximum absolute atomic E-state index is 9.30. The molecule has 2 aromatic rings. The van der Waals surface area contributed by atoms with Crippen molar-refractivity contribution in [2.24, 2.45) is 0 Å². The quantitative estimate of drug-likeness (QED) is 0.524. The van der Waals surface area contributed by atoms with Gasteiger partial charge in [-0.3, -0.25) is 0 Å². The van der Waals surface area contributed by atoms with Crippen molar-refractivity contribution in [2.45, 2.75) is 20.8 Å². The molecule has 2 aromatic carbocycles. The summed E-state index contributed by atoms with van der Waals surface area (Å²) in [7, 11) is 0. The number of quaternary nitrogens is 1. The summed E-state index contributed by atoms with van der Waals surface area (Å²) in [5.74, 6) is 1.21. The standard InChI is InChI=1S/C22H29NO2/c1-4-23(5-2,6-3)17-18-25-22-15-11-20(12-16-22)8-7-19-9-13-21(24)14-10-19/h7-16H,4-6,17-18H2,1-3H3/p+1. The number of phenolic OH excluding ortho intramolecular Hbond substituents is 1. The Hall–Kier alpha value is -2.26. The number of ether oxygens (including phenoxy) is 1. The van der Waals surface area contributed by atoms with Crippen molar-refractivity contribution >= 4 is 12.2 Å². The summed E-state index contributed by atoms with van der Waals surface area (Å²) in [5.41, 5.74) is 2.19. The molecule has 0 atom stereocenters. The maximum atomic E-state index is 9.30. The van der Waals surface area contributed by atoms with E-state index in [1.54, 1.807) is 12.1 Å². The van der Waals surface area contributed by atoms with Crippen LogP contribution in [0.25, 0.3) is 12.2 Å². The first kappa shape index (κ1) is 19.1. The molecule has 134 valence electrons. The van der Waals surface area contributed by atoms with Crippen molar-refractivity contribution in [2.75, 3.05) is 32.8 Å². The fourth-order valence-corrected chi connectivity index (χ4v) is 2.96. The van der Waals surface area contributed by atoms with Crippen LogP contribution >= 0.6 is 0 Å². The second kappa shape index (κ2) is 9.28. The van der Waals surface area contributed by atoms with E-state index < -0.39 is 0 Å². The zero-order valence-corrected chi connectivity index (χ0v) is 15.6. The van der Waals surface area contributed by atoms with Gasteiger partial charge in [0.15, 0.2) is 0 Å². The SMILES string of the molecule is CC[N+](CC)(CC)CCOc1ccc(C=Cc2ccc(O)cc2)cc1. The molecule has 25 heavy (non-hydrogen) atoms. The molecule has 0 heterocycles. The van der Waals surface area contributed by atoms with Crippen molar-refractivity contribution in [1.29, 1.82) is 0 Å². The molecule has 0 bridgehead atoms. The summed E-state index contributed by atoms with van der Waals surface area (Å²) in [6, 6.07) is 15.3. The fraction of sp³-hybridized carbons (Fsp3) is 0.364. The second-order valence-corrected chi connectivity index (χ2v) is 6.36. The highest BCUT2D eigenvalue weighted by molar-refractivity contribution is 5.70. The number of nitrogens with zero attached hydrogens (tertiary/aromatic N) is 1. The van der Waals surface area contributed by atoms with Crippen LogP contribution in [-0.2, 0) is 0 Å². The molecule has 0 aliphatic heterocycles. The average Bonchev–Trinajstić information content (AvgIpc) is 2.66. The van der Waals surface area contributed by atoms with Crippen molar-refractivity contribution in [3.63, 3.8) is 0 Å². The Labute approximate surface area is 151 Å². The summed E-state index contributed by atoms with van der Waals surface area (Å²) in [5, 5.41) is 9.30. The Morgan fingerprint density at radius 2 is 1.28 bits per heavy atom. The summed E-state index contributed by atoms with van der Waals surface area (Å²) in [4.78, 5) is 0. The minimum atomic E-state index is 0.288. The van der Waals surface area contributed by atoms with E-state index >= 15 is 0 Å². The van der Waals surface area contributed by atoms with Crippen molar-refractivity contribution in [3.05, 3.63) is 59.7 Å². The second-order valence-electron chi connectivity index (χ2n) is 6.36. The Balaban J connectivity index is 1.88. The monoisotopic (exact) mass is 340 g/mol. The van der Waals surface area contributed by atoms with Gasteiger partial charge in [0, 0.05) is 0 Å². The summed E-state index contributed by atoms with van der Waals surface area (Å²) in [6.45, 7) is 12.0. The Kier molecular flexibility index (Phi) is 7.08. The lowest BCUT2D eigenvalue weighted by Crippen LogP contribution is -2.49. The van der Waals surface area contributed by atoms with Crippen LogP contribution in [0.3, 0.4) is 0 Å². The highest BCUT2D eigenvalue weighted by Crippen LogP contribution is 2.16. The molecule has 0 aliphatic carbocycles. The fourth-order valence-electron chi connectivity index (χ4n) is 2.96. The van der Waals surface area contributed by atoms with Gasteiger partial charge in [-0.2, -0.15) is 0 Å². The first-order valence-corrected chi connectivity index (χ1v) is 9.16. The molecular weight excluding hydrogens is 310 g/mol. The van der Waals surface area contributed by atoms with Crippen LogP contribution in [0.5, 0.6) is 11.5 Å². The van der Waals surface area contributed by atoms with Crippen LogP contribution in [0.4, 0.5) is 0 Å². The van der Waals surface area contributed by atoms with E-state index in [2.05, 4.69) is 39.0 Å². The third-order valence-electron chi connectivity index (χ3n) is 5.09. The number of rotatable bonds is 9. The zero-order valence-electron chi connectivity index (χ0n) is 15.6. The van der Waals surface area contributed by atoms with Gasteiger partial charge in [0.05, 0.1) is 19.6 Å². The molecule has 2 rings (SSSR count). The van der Waals surface area contributed by atoms with Crippen LogP contribution in [-0.4, -0.2) is 42.4 Å². The Morgan fingerprint density at radius 3 is 1.76 bits per heavy atom. The summed E-state index contributed by atoms with van der Waals surface area (Å²) in [6.07, 6.45) is 4.09. The van der Waals surface area contributed by atoms with E-state index in [0.717, 1.165) is 54.1 Å². The van der Waals surface area contributed by atoms with Gasteiger partial charge in [-0.25, -0.2) is 0 Å². The number of phenols is 1. The minimum Gasteiger partial charge on any atom is -0.508 e. The van der Waals surface area contributed by atoms with Crippen molar-refractivity contribution < 1.29 is 14.3 Å². The maximum Gasteiger partial charge on any atom is 0.137 e. The minimum absolute atomic E-state index is 0.288. The number of aromatic hydroxyl groups is 1. The molecule has 0 amide bonds. The summed E-state index contributed by atoms with van der Waals surface area (Å²) < 4.78 is 7.04. The van der Waals surface area contributed by atoms with Crippen molar-refractivity contribution in [3.8, 4) is 11.5 Å². The lowest BCUT2D eigenvalue weighted by molar-refractivity contribution is -0.923. The molecule has 1 N–H and O–H groups in total. The largest absolute Gasteiger partial charge is 0.508 e. The van der Waals surface area contributed by atoms with E-state index in [1.165, 1.54) is 0 Å². The molecule has 3 heteroatoms. The topological polar surface area (TPSA) is 29.5 Å². The highest BCUT2D eigenvalue weighted by Gasteiger charge is 2.20. The lowest BCUT2D eigenvalue weighted by Gasteiger charge is -2.35. The molecule has 0 unspecified atom stereocenters. The first-order valence-electron chi connectivity index (χ1n) is 9.16. The molecule has 0 aromatic heterocycles. The van der Waals surface area contributed by atoms with E-state index in [0.29, 0.717) is 0 Å². The molecule has 0 radical (unpaired) electrons. The van der Waals surface area contributed by atoms with Crippen LogP contribution < -0.4 is 4.74 Å². The van der Waals surface area contributed by atoms with Crippen LogP contribution in [0.2, 0.25) is 0 Å². The molecule has 0 fully saturated rings.